The van der Waals surface area contributed by atoms with Gasteiger partial charge in [0.2, 0.25) is 0 Å². The van der Waals surface area contributed by atoms with Crippen molar-refractivity contribution < 1.29 is 4.74 Å². The van der Waals surface area contributed by atoms with E-state index >= 15 is 0 Å². The topological polar surface area (TPSA) is 80.1 Å². The van der Waals surface area contributed by atoms with E-state index in [0.717, 1.165) is 37.6 Å². The highest BCUT2D eigenvalue weighted by molar-refractivity contribution is 5.47. The normalized spacial score (nSPS) is 21.1. The predicted octanol–water partition coefficient (Wildman–Crippen LogP) is 2.54. The number of hydrogen-bond donors (Lipinski definition) is 2. The lowest BCUT2D eigenvalue weighted by Crippen LogP contribution is -2.43. The summed E-state index contributed by atoms with van der Waals surface area (Å²) in [5.41, 5.74) is 1.17. The molecule has 1 aliphatic heterocycles. The van der Waals surface area contributed by atoms with Gasteiger partial charge in [0.15, 0.2) is 0 Å². The standard InChI is InChI=1S/C20H33N7O/c1-14(2)20-16(7-6-8-28-20)25-19-9-18(22-13-23-19)21-11-17(26(3)4)15-10-24-27(5)12-15/h9-10,12-14,16-17,20H,6-8,11H2,1-5H3,(H2,21,22,23,25)/t16-,17-,20-/m0/s1. The van der Waals surface area contributed by atoms with Gasteiger partial charge in [-0.3, -0.25) is 4.68 Å². The van der Waals surface area contributed by atoms with Crippen molar-refractivity contribution in [3.05, 3.63) is 30.4 Å². The molecule has 2 aromatic heterocycles. The van der Waals surface area contributed by atoms with Crippen molar-refractivity contribution in [2.24, 2.45) is 13.0 Å². The van der Waals surface area contributed by atoms with E-state index in [1.165, 1.54) is 5.56 Å². The van der Waals surface area contributed by atoms with E-state index in [1.54, 1.807) is 6.33 Å². The molecule has 2 aromatic rings. The summed E-state index contributed by atoms with van der Waals surface area (Å²) in [4.78, 5) is 11.0. The molecule has 1 saturated heterocycles. The zero-order valence-corrected chi connectivity index (χ0v) is 17.6. The van der Waals surface area contributed by atoms with Crippen LogP contribution in [0.4, 0.5) is 11.6 Å². The molecule has 3 heterocycles. The molecule has 0 aliphatic carbocycles. The molecule has 0 radical (unpaired) electrons. The van der Waals surface area contributed by atoms with E-state index in [4.69, 9.17) is 4.74 Å². The average molecular weight is 388 g/mol. The molecule has 3 rings (SSSR count). The third-order valence-corrected chi connectivity index (χ3v) is 5.23. The fourth-order valence-electron chi connectivity index (χ4n) is 3.75. The maximum absolute atomic E-state index is 5.98. The fourth-order valence-corrected chi connectivity index (χ4v) is 3.75. The van der Waals surface area contributed by atoms with E-state index in [2.05, 4.69) is 64.7 Å². The van der Waals surface area contributed by atoms with Crippen LogP contribution in [-0.4, -0.2) is 64.0 Å². The van der Waals surface area contributed by atoms with Crippen molar-refractivity contribution in [1.29, 1.82) is 0 Å². The van der Waals surface area contributed by atoms with E-state index < -0.39 is 0 Å². The number of aryl methyl sites for hydroxylation is 1. The van der Waals surface area contributed by atoms with Crippen molar-refractivity contribution in [1.82, 2.24) is 24.6 Å². The van der Waals surface area contributed by atoms with E-state index in [-0.39, 0.29) is 18.2 Å². The minimum absolute atomic E-state index is 0.206. The Morgan fingerprint density at radius 2 is 2.07 bits per heavy atom. The molecule has 0 saturated carbocycles. The molecule has 1 aliphatic rings. The quantitative estimate of drug-likeness (QED) is 0.720. The third kappa shape index (κ3) is 5.20. The van der Waals surface area contributed by atoms with Gasteiger partial charge in [-0.05, 0) is 32.9 Å². The number of ether oxygens (including phenoxy) is 1. The zero-order valence-electron chi connectivity index (χ0n) is 17.6. The summed E-state index contributed by atoms with van der Waals surface area (Å²) in [7, 11) is 6.08. The monoisotopic (exact) mass is 387 g/mol. The minimum Gasteiger partial charge on any atom is -0.376 e. The summed E-state index contributed by atoms with van der Waals surface area (Å²) in [6, 6.07) is 2.46. The van der Waals surface area contributed by atoms with Gasteiger partial charge in [-0.1, -0.05) is 13.8 Å². The smallest absolute Gasteiger partial charge is 0.131 e. The maximum Gasteiger partial charge on any atom is 0.131 e. The molecule has 0 aromatic carbocycles. The molecule has 154 valence electrons. The summed E-state index contributed by atoms with van der Waals surface area (Å²) in [5, 5.41) is 11.3. The lowest BCUT2D eigenvalue weighted by atomic mass is 9.94. The van der Waals surface area contributed by atoms with Crippen LogP contribution in [0.2, 0.25) is 0 Å². The molecule has 2 N–H and O–H groups in total. The van der Waals surface area contributed by atoms with Gasteiger partial charge < -0.3 is 20.3 Å². The Morgan fingerprint density at radius 3 is 2.75 bits per heavy atom. The Balaban J connectivity index is 1.64. The average Bonchev–Trinajstić information content (AvgIpc) is 3.08. The molecule has 28 heavy (non-hydrogen) atoms. The lowest BCUT2D eigenvalue weighted by molar-refractivity contribution is -0.0203. The van der Waals surface area contributed by atoms with E-state index in [9.17, 15) is 0 Å². The van der Waals surface area contributed by atoms with Gasteiger partial charge in [-0.2, -0.15) is 5.10 Å². The van der Waals surface area contributed by atoms with Gasteiger partial charge in [-0.15, -0.1) is 0 Å². The number of rotatable bonds is 8. The van der Waals surface area contributed by atoms with Crippen LogP contribution in [0, 0.1) is 5.92 Å². The zero-order chi connectivity index (χ0) is 20.1. The third-order valence-electron chi connectivity index (χ3n) is 5.23. The largest absolute Gasteiger partial charge is 0.376 e. The number of likely N-dealkylation sites (N-methyl/N-ethyl adjacent to an activating group) is 1. The number of hydrogen-bond acceptors (Lipinski definition) is 7. The SMILES string of the molecule is CC(C)[C@@H]1OCCC[C@@H]1Nc1cc(NC[C@@H](c2cnn(C)c2)N(C)C)ncn1. The summed E-state index contributed by atoms with van der Waals surface area (Å²) in [6.07, 6.45) is 7.95. The Kier molecular flexibility index (Phi) is 6.85. The van der Waals surface area contributed by atoms with Crippen LogP contribution < -0.4 is 10.6 Å². The van der Waals surface area contributed by atoms with Crippen LogP contribution in [0.15, 0.2) is 24.8 Å². The minimum atomic E-state index is 0.206. The van der Waals surface area contributed by atoms with Crippen LogP contribution >= 0.6 is 0 Å². The summed E-state index contributed by atoms with van der Waals surface area (Å²) >= 11 is 0. The Labute approximate surface area is 167 Å². The molecule has 1 fully saturated rings. The number of aromatic nitrogens is 4. The molecule has 0 amide bonds. The molecule has 0 bridgehead atoms. The van der Waals surface area contributed by atoms with Gasteiger partial charge >= 0.3 is 0 Å². The van der Waals surface area contributed by atoms with Crippen molar-refractivity contribution in [3.63, 3.8) is 0 Å². The molecule has 8 heteroatoms. The second-order valence-corrected chi connectivity index (χ2v) is 8.07. The first kappa shape index (κ1) is 20.5. The van der Waals surface area contributed by atoms with Gasteiger partial charge in [0.1, 0.15) is 18.0 Å². The second-order valence-electron chi connectivity index (χ2n) is 8.07. The second kappa shape index (κ2) is 9.34. The molecule has 0 spiro atoms. The van der Waals surface area contributed by atoms with Crippen molar-refractivity contribution in [2.45, 2.75) is 44.9 Å². The highest BCUT2D eigenvalue weighted by Gasteiger charge is 2.28. The van der Waals surface area contributed by atoms with Gasteiger partial charge in [0.25, 0.3) is 0 Å². The lowest BCUT2D eigenvalue weighted by Gasteiger charge is -2.35. The van der Waals surface area contributed by atoms with E-state index in [0.29, 0.717) is 5.92 Å². The molecular weight excluding hydrogens is 354 g/mol. The summed E-state index contributed by atoms with van der Waals surface area (Å²) in [6.45, 7) is 5.99. The van der Waals surface area contributed by atoms with Crippen molar-refractivity contribution >= 4 is 11.6 Å². The summed E-state index contributed by atoms with van der Waals surface area (Å²) in [5.74, 6) is 2.12. The molecule has 0 unspecified atom stereocenters. The summed E-state index contributed by atoms with van der Waals surface area (Å²) < 4.78 is 7.81. The number of anilines is 2. The number of nitrogens with one attached hydrogen (secondary N) is 2. The first-order valence-corrected chi connectivity index (χ1v) is 10.0. The van der Waals surface area contributed by atoms with E-state index in [1.807, 2.05) is 24.0 Å². The Bertz CT molecular complexity index is 746. The van der Waals surface area contributed by atoms with Gasteiger partial charge in [-0.25, -0.2) is 9.97 Å². The maximum atomic E-state index is 5.98. The fraction of sp³-hybridized carbons (Fsp3) is 0.650. The Hall–Kier alpha value is -2.19. The van der Waals surface area contributed by atoms with Crippen LogP contribution in [0.25, 0.3) is 0 Å². The van der Waals surface area contributed by atoms with Crippen LogP contribution in [-0.2, 0) is 11.8 Å². The first-order valence-electron chi connectivity index (χ1n) is 10.0. The molecule has 3 atom stereocenters. The van der Waals surface area contributed by atoms with Gasteiger partial charge in [0.05, 0.1) is 24.4 Å². The van der Waals surface area contributed by atoms with Crippen LogP contribution in [0.5, 0.6) is 0 Å². The van der Waals surface area contributed by atoms with Crippen molar-refractivity contribution in [2.75, 3.05) is 37.9 Å². The molecular formula is C20H33N7O. The highest BCUT2D eigenvalue weighted by Crippen LogP contribution is 2.24. The molecule has 8 nitrogen and oxygen atoms in total. The van der Waals surface area contributed by atoms with Crippen molar-refractivity contribution in [3.8, 4) is 0 Å². The van der Waals surface area contributed by atoms with Crippen LogP contribution in [0.3, 0.4) is 0 Å². The van der Waals surface area contributed by atoms with Crippen LogP contribution in [0.1, 0.15) is 38.3 Å². The predicted molar refractivity (Wildman–Crippen MR) is 111 cm³/mol. The highest BCUT2D eigenvalue weighted by atomic mass is 16.5. The van der Waals surface area contributed by atoms with Gasteiger partial charge in [0, 0.05) is 38.0 Å². The first-order chi connectivity index (χ1) is 13.4. The number of nitrogens with zero attached hydrogens (tertiary/aromatic N) is 5. The Morgan fingerprint density at radius 1 is 1.29 bits per heavy atom.